The Hall–Kier alpha value is -0.120. The van der Waals surface area contributed by atoms with Gasteiger partial charge in [0.05, 0.1) is 6.10 Å². The average molecular weight is 256 g/mol. The molecule has 0 amide bonds. The summed E-state index contributed by atoms with van der Waals surface area (Å²) in [5.74, 6) is 0. The molecule has 1 fully saturated rings. The van der Waals surface area contributed by atoms with Gasteiger partial charge in [0.2, 0.25) is 0 Å². The van der Waals surface area contributed by atoms with Crippen LogP contribution in [0.5, 0.6) is 0 Å². The highest BCUT2D eigenvalue weighted by Crippen LogP contribution is 2.35. The second-order valence-electron chi connectivity index (χ2n) is 6.32. The molecule has 18 heavy (non-hydrogen) atoms. The van der Waals surface area contributed by atoms with Gasteiger partial charge in [0, 0.05) is 19.6 Å². The van der Waals surface area contributed by atoms with Gasteiger partial charge in [-0.15, -0.1) is 0 Å². The standard InChI is InChI=1S/C15H32N2O/c1-14(18)8-11-17(3)13-15(12-16-2)9-6-4-5-7-10-15/h14,16,18H,4-13H2,1-3H3. The van der Waals surface area contributed by atoms with Crippen LogP contribution in [-0.2, 0) is 0 Å². The quantitative estimate of drug-likeness (QED) is 0.686. The van der Waals surface area contributed by atoms with Crippen LogP contribution in [0.1, 0.15) is 51.9 Å². The fourth-order valence-electron chi connectivity index (χ4n) is 3.30. The topological polar surface area (TPSA) is 35.5 Å². The number of nitrogens with zero attached hydrogens (tertiary/aromatic N) is 1. The monoisotopic (exact) mass is 256 g/mol. The Bertz CT molecular complexity index is 211. The predicted octanol–water partition coefficient (Wildman–Crippen LogP) is 2.25. The van der Waals surface area contributed by atoms with Crippen molar-refractivity contribution in [3.8, 4) is 0 Å². The minimum Gasteiger partial charge on any atom is -0.393 e. The van der Waals surface area contributed by atoms with Gasteiger partial charge in [-0.25, -0.2) is 0 Å². The fourth-order valence-corrected chi connectivity index (χ4v) is 3.30. The highest BCUT2D eigenvalue weighted by molar-refractivity contribution is 4.86. The molecule has 0 aromatic heterocycles. The maximum Gasteiger partial charge on any atom is 0.0524 e. The van der Waals surface area contributed by atoms with E-state index in [1.165, 1.54) is 45.1 Å². The highest BCUT2D eigenvalue weighted by Gasteiger charge is 2.31. The number of nitrogens with one attached hydrogen (secondary N) is 1. The van der Waals surface area contributed by atoms with E-state index in [-0.39, 0.29) is 6.10 Å². The maximum atomic E-state index is 9.38. The van der Waals surface area contributed by atoms with Gasteiger partial charge in [-0.05, 0) is 45.7 Å². The first-order valence-electron chi connectivity index (χ1n) is 7.59. The zero-order chi connectivity index (χ0) is 13.4. The van der Waals surface area contributed by atoms with Crippen LogP contribution in [0.25, 0.3) is 0 Å². The smallest absolute Gasteiger partial charge is 0.0524 e. The highest BCUT2D eigenvalue weighted by atomic mass is 16.3. The molecule has 0 radical (unpaired) electrons. The summed E-state index contributed by atoms with van der Waals surface area (Å²) in [5, 5.41) is 12.8. The van der Waals surface area contributed by atoms with Crippen molar-refractivity contribution in [3.05, 3.63) is 0 Å². The van der Waals surface area contributed by atoms with Crippen molar-refractivity contribution in [3.63, 3.8) is 0 Å². The zero-order valence-corrected chi connectivity index (χ0v) is 12.5. The third-order valence-electron chi connectivity index (χ3n) is 4.25. The molecule has 1 saturated carbocycles. The Labute approximate surface area is 113 Å². The summed E-state index contributed by atoms with van der Waals surface area (Å²) in [4.78, 5) is 2.41. The van der Waals surface area contributed by atoms with Gasteiger partial charge in [0.1, 0.15) is 0 Å². The van der Waals surface area contributed by atoms with Crippen molar-refractivity contribution in [1.29, 1.82) is 0 Å². The molecule has 1 unspecified atom stereocenters. The first-order chi connectivity index (χ1) is 8.58. The fraction of sp³-hybridized carbons (Fsp3) is 1.00. The molecular weight excluding hydrogens is 224 g/mol. The van der Waals surface area contributed by atoms with Gasteiger partial charge in [0.15, 0.2) is 0 Å². The summed E-state index contributed by atoms with van der Waals surface area (Å²) in [7, 11) is 4.27. The van der Waals surface area contributed by atoms with Crippen LogP contribution in [0.2, 0.25) is 0 Å². The second-order valence-corrected chi connectivity index (χ2v) is 6.32. The van der Waals surface area contributed by atoms with E-state index in [2.05, 4.69) is 24.3 Å². The summed E-state index contributed by atoms with van der Waals surface area (Å²) in [6.07, 6.45) is 8.98. The molecule has 3 heteroatoms. The van der Waals surface area contributed by atoms with Crippen LogP contribution in [0.4, 0.5) is 0 Å². The molecular formula is C15H32N2O. The van der Waals surface area contributed by atoms with Crippen LogP contribution in [0.15, 0.2) is 0 Å². The van der Waals surface area contributed by atoms with E-state index in [1.54, 1.807) is 0 Å². The summed E-state index contributed by atoms with van der Waals surface area (Å²) in [6, 6.07) is 0. The summed E-state index contributed by atoms with van der Waals surface area (Å²) in [6.45, 7) is 5.18. The molecule has 0 spiro atoms. The van der Waals surface area contributed by atoms with E-state index in [0.29, 0.717) is 5.41 Å². The summed E-state index contributed by atoms with van der Waals surface area (Å²) in [5.41, 5.74) is 0.457. The SMILES string of the molecule is CNCC1(CN(C)CCC(C)O)CCCCCC1. The first kappa shape index (κ1) is 15.9. The molecule has 0 aliphatic heterocycles. The number of aliphatic hydroxyl groups excluding tert-OH is 1. The maximum absolute atomic E-state index is 9.38. The molecule has 1 aliphatic rings. The number of aliphatic hydroxyl groups is 1. The average Bonchev–Trinajstić information content (AvgIpc) is 2.53. The number of rotatable bonds is 7. The van der Waals surface area contributed by atoms with Crippen molar-refractivity contribution in [1.82, 2.24) is 10.2 Å². The minimum atomic E-state index is -0.179. The number of hydrogen-bond acceptors (Lipinski definition) is 3. The zero-order valence-electron chi connectivity index (χ0n) is 12.5. The summed E-state index contributed by atoms with van der Waals surface area (Å²) >= 11 is 0. The Morgan fingerprint density at radius 2 is 1.83 bits per heavy atom. The van der Waals surface area contributed by atoms with Gasteiger partial charge in [-0.3, -0.25) is 0 Å². The lowest BCUT2D eigenvalue weighted by molar-refractivity contribution is 0.122. The van der Waals surface area contributed by atoms with E-state index >= 15 is 0 Å². The molecule has 108 valence electrons. The molecule has 0 aromatic rings. The van der Waals surface area contributed by atoms with Gasteiger partial charge in [-0.2, -0.15) is 0 Å². The molecule has 3 nitrogen and oxygen atoms in total. The molecule has 0 aromatic carbocycles. The normalized spacial score (nSPS) is 21.8. The Balaban J connectivity index is 2.49. The Kier molecular flexibility index (Phi) is 7.20. The van der Waals surface area contributed by atoms with Crippen LogP contribution < -0.4 is 5.32 Å². The van der Waals surface area contributed by atoms with Gasteiger partial charge < -0.3 is 15.3 Å². The molecule has 0 heterocycles. The molecule has 1 aliphatic carbocycles. The largest absolute Gasteiger partial charge is 0.393 e. The van der Waals surface area contributed by atoms with Crippen LogP contribution in [0, 0.1) is 5.41 Å². The van der Waals surface area contributed by atoms with E-state index in [9.17, 15) is 5.11 Å². The van der Waals surface area contributed by atoms with Crippen molar-refractivity contribution >= 4 is 0 Å². The summed E-state index contributed by atoms with van der Waals surface area (Å²) < 4.78 is 0. The van der Waals surface area contributed by atoms with E-state index in [1.807, 2.05) is 6.92 Å². The second kappa shape index (κ2) is 8.13. The lowest BCUT2D eigenvalue weighted by Crippen LogP contribution is -2.42. The lowest BCUT2D eigenvalue weighted by atomic mass is 9.79. The third-order valence-corrected chi connectivity index (χ3v) is 4.25. The van der Waals surface area contributed by atoms with Crippen molar-refractivity contribution in [2.45, 2.75) is 58.0 Å². The Morgan fingerprint density at radius 3 is 2.33 bits per heavy atom. The van der Waals surface area contributed by atoms with E-state index < -0.39 is 0 Å². The van der Waals surface area contributed by atoms with Gasteiger partial charge in [0.25, 0.3) is 0 Å². The van der Waals surface area contributed by atoms with Gasteiger partial charge >= 0.3 is 0 Å². The van der Waals surface area contributed by atoms with E-state index in [4.69, 9.17) is 0 Å². The predicted molar refractivity (Wildman–Crippen MR) is 77.9 cm³/mol. The van der Waals surface area contributed by atoms with Gasteiger partial charge in [-0.1, -0.05) is 25.7 Å². The van der Waals surface area contributed by atoms with Crippen molar-refractivity contribution in [2.75, 3.05) is 33.7 Å². The lowest BCUT2D eigenvalue weighted by Gasteiger charge is -2.37. The molecule has 1 rings (SSSR count). The molecule has 2 N–H and O–H groups in total. The number of hydrogen-bond donors (Lipinski definition) is 2. The molecule has 0 saturated heterocycles. The molecule has 1 atom stereocenters. The first-order valence-corrected chi connectivity index (χ1v) is 7.59. The van der Waals surface area contributed by atoms with Crippen LogP contribution in [-0.4, -0.2) is 49.8 Å². The Morgan fingerprint density at radius 1 is 1.22 bits per heavy atom. The minimum absolute atomic E-state index is 0.179. The van der Waals surface area contributed by atoms with Crippen molar-refractivity contribution < 1.29 is 5.11 Å². The molecule has 0 bridgehead atoms. The van der Waals surface area contributed by atoms with E-state index in [0.717, 1.165) is 19.5 Å². The van der Waals surface area contributed by atoms with Crippen molar-refractivity contribution in [2.24, 2.45) is 5.41 Å². The van der Waals surface area contributed by atoms with Crippen LogP contribution >= 0.6 is 0 Å². The van der Waals surface area contributed by atoms with Crippen LogP contribution in [0.3, 0.4) is 0 Å². The third kappa shape index (κ3) is 5.68.